The molecule has 0 amide bonds. The molecule has 0 unspecified atom stereocenters. The zero-order chi connectivity index (χ0) is 12.9. The molecule has 3 heteroatoms. The van der Waals surface area contributed by atoms with Gasteiger partial charge in [-0.1, -0.05) is 27.2 Å². The molecule has 0 heterocycles. The highest BCUT2D eigenvalue weighted by atomic mass is 16.4. The summed E-state index contributed by atoms with van der Waals surface area (Å²) in [4.78, 5) is 11.4. The van der Waals surface area contributed by atoms with Crippen molar-refractivity contribution in [3.05, 3.63) is 0 Å². The highest BCUT2D eigenvalue weighted by molar-refractivity contribution is 5.78. The summed E-state index contributed by atoms with van der Waals surface area (Å²) < 4.78 is 0. The Labute approximate surface area is 105 Å². The fraction of sp³-hybridized carbons (Fsp3) is 0.929. The second-order valence-electron chi connectivity index (χ2n) is 5.36. The smallest absolute Gasteiger partial charge is 0.323 e. The van der Waals surface area contributed by atoms with Crippen LogP contribution in [0.5, 0.6) is 0 Å². The average Bonchev–Trinajstić information content (AvgIpc) is 2.36. The quantitative estimate of drug-likeness (QED) is 0.751. The van der Waals surface area contributed by atoms with Gasteiger partial charge >= 0.3 is 5.97 Å². The van der Waals surface area contributed by atoms with Gasteiger partial charge in [-0.25, -0.2) is 0 Å². The normalized spacial score (nSPS) is 25.8. The first-order valence-electron chi connectivity index (χ1n) is 7.09. The minimum Gasteiger partial charge on any atom is -0.480 e. The molecule has 0 spiro atoms. The predicted molar refractivity (Wildman–Crippen MR) is 70.1 cm³/mol. The maximum absolute atomic E-state index is 11.4. The van der Waals surface area contributed by atoms with Crippen molar-refractivity contribution in [1.29, 1.82) is 0 Å². The molecule has 0 bridgehead atoms. The number of hydrogen-bond donors (Lipinski definition) is 2. The predicted octanol–water partition coefficient (Wildman–Crippen LogP) is 3.19. The Hall–Kier alpha value is -0.570. The van der Waals surface area contributed by atoms with Gasteiger partial charge < -0.3 is 5.11 Å². The molecular weight excluding hydrogens is 214 g/mol. The summed E-state index contributed by atoms with van der Waals surface area (Å²) in [6.45, 7) is 6.17. The lowest BCUT2D eigenvalue weighted by atomic mass is 9.82. The van der Waals surface area contributed by atoms with Crippen molar-refractivity contribution < 1.29 is 9.90 Å². The fourth-order valence-electron chi connectivity index (χ4n) is 2.92. The van der Waals surface area contributed by atoms with Gasteiger partial charge in [0.05, 0.1) is 0 Å². The van der Waals surface area contributed by atoms with Gasteiger partial charge in [-0.2, -0.15) is 0 Å². The number of aliphatic carboxylic acids is 1. The zero-order valence-corrected chi connectivity index (χ0v) is 11.5. The van der Waals surface area contributed by atoms with E-state index >= 15 is 0 Å². The SMILES string of the molecule is CCC1CCC(NC(CC)(CC)C(=O)O)CC1. The van der Waals surface area contributed by atoms with Crippen LogP contribution >= 0.6 is 0 Å². The Morgan fingerprint density at radius 2 is 1.71 bits per heavy atom. The van der Waals surface area contributed by atoms with Crippen LogP contribution in [0.15, 0.2) is 0 Å². The van der Waals surface area contributed by atoms with Crippen LogP contribution in [0.3, 0.4) is 0 Å². The van der Waals surface area contributed by atoms with E-state index in [1.54, 1.807) is 0 Å². The summed E-state index contributed by atoms with van der Waals surface area (Å²) in [6.07, 6.45) is 7.34. The van der Waals surface area contributed by atoms with Crippen LogP contribution < -0.4 is 5.32 Å². The van der Waals surface area contributed by atoms with Gasteiger partial charge in [0, 0.05) is 6.04 Å². The standard InChI is InChI=1S/C14H27NO2/c1-4-11-7-9-12(10-8-11)15-14(5-2,6-3)13(16)17/h11-12,15H,4-10H2,1-3H3,(H,16,17). The average molecular weight is 241 g/mol. The largest absolute Gasteiger partial charge is 0.480 e. The van der Waals surface area contributed by atoms with Gasteiger partial charge in [-0.3, -0.25) is 10.1 Å². The molecule has 0 atom stereocenters. The fourth-order valence-corrected chi connectivity index (χ4v) is 2.92. The number of rotatable bonds is 6. The molecule has 1 saturated carbocycles. The van der Waals surface area contributed by atoms with Gasteiger partial charge in [-0.05, 0) is 44.4 Å². The molecule has 3 nitrogen and oxygen atoms in total. The van der Waals surface area contributed by atoms with Crippen molar-refractivity contribution in [1.82, 2.24) is 5.32 Å². The second-order valence-corrected chi connectivity index (χ2v) is 5.36. The lowest BCUT2D eigenvalue weighted by Gasteiger charge is -2.36. The molecular formula is C14H27NO2. The van der Waals surface area contributed by atoms with Crippen LogP contribution in [0, 0.1) is 5.92 Å². The number of carboxylic acid groups (broad SMARTS) is 1. The molecule has 0 aromatic rings. The number of carbonyl (C=O) groups is 1. The first kappa shape index (κ1) is 14.5. The summed E-state index contributed by atoms with van der Waals surface area (Å²) in [5.41, 5.74) is -0.705. The maximum atomic E-state index is 11.4. The van der Waals surface area contributed by atoms with E-state index in [-0.39, 0.29) is 0 Å². The Kier molecular flexibility index (Phi) is 5.44. The highest BCUT2D eigenvalue weighted by Crippen LogP contribution is 2.28. The van der Waals surface area contributed by atoms with E-state index in [0.29, 0.717) is 18.9 Å². The van der Waals surface area contributed by atoms with Gasteiger partial charge in [0.15, 0.2) is 0 Å². The number of hydrogen-bond acceptors (Lipinski definition) is 2. The van der Waals surface area contributed by atoms with Crippen molar-refractivity contribution in [3.8, 4) is 0 Å². The maximum Gasteiger partial charge on any atom is 0.323 e. The van der Waals surface area contributed by atoms with Crippen molar-refractivity contribution >= 4 is 5.97 Å². The molecule has 1 fully saturated rings. The molecule has 1 rings (SSSR count). The van der Waals surface area contributed by atoms with Crippen molar-refractivity contribution in [2.45, 2.75) is 77.3 Å². The van der Waals surface area contributed by atoms with Gasteiger partial charge in [0.2, 0.25) is 0 Å². The van der Waals surface area contributed by atoms with E-state index < -0.39 is 11.5 Å². The molecule has 1 aliphatic carbocycles. The molecule has 1 aliphatic rings. The Balaban J connectivity index is 2.55. The monoisotopic (exact) mass is 241 g/mol. The van der Waals surface area contributed by atoms with Crippen LogP contribution in [0.25, 0.3) is 0 Å². The Morgan fingerprint density at radius 1 is 1.18 bits per heavy atom. The van der Waals surface area contributed by atoms with Crippen molar-refractivity contribution in [2.75, 3.05) is 0 Å². The lowest BCUT2D eigenvalue weighted by Crippen LogP contribution is -2.55. The highest BCUT2D eigenvalue weighted by Gasteiger charge is 2.37. The van der Waals surface area contributed by atoms with E-state index in [1.165, 1.54) is 19.3 Å². The summed E-state index contributed by atoms with van der Waals surface area (Å²) >= 11 is 0. The van der Waals surface area contributed by atoms with Crippen LogP contribution in [0.1, 0.15) is 65.7 Å². The number of nitrogens with one attached hydrogen (secondary N) is 1. The van der Waals surface area contributed by atoms with E-state index in [0.717, 1.165) is 18.8 Å². The number of carboxylic acids is 1. The lowest BCUT2D eigenvalue weighted by molar-refractivity contribution is -0.145. The van der Waals surface area contributed by atoms with Crippen LogP contribution in [-0.2, 0) is 4.79 Å². The van der Waals surface area contributed by atoms with Crippen LogP contribution in [0.2, 0.25) is 0 Å². The summed E-state index contributed by atoms with van der Waals surface area (Å²) in [5, 5.41) is 12.8. The first-order valence-corrected chi connectivity index (χ1v) is 7.09. The molecule has 17 heavy (non-hydrogen) atoms. The van der Waals surface area contributed by atoms with E-state index in [1.807, 2.05) is 13.8 Å². The third-order valence-corrected chi connectivity index (χ3v) is 4.52. The minimum absolute atomic E-state index is 0.397. The molecule has 100 valence electrons. The molecule has 0 aliphatic heterocycles. The Bertz CT molecular complexity index is 241. The molecule has 0 aromatic heterocycles. The molecule has 0 radical (unpaired) electrons. The summed E-state index contributed by atoms with van der Waals surface area (Å²) in [6, 6.07) is 0.397. The van der Waals surface area contributed by atoms with Gasteiger partial charge in [-0.15, -0.1) is 0 Å². The topological polar surface area (TPSA) is 49.3 Å². The zero-order valence-electron chi connectivity index (χ0n) is 11.5. The third kappa shape index (κ3) is 3.44. The van der Waals surface area contributed by atoms with Gasteiger partial charge in [0.1, 0.15) is 5.54 Å². The molecule has 2 N–H and O–H groups in total. The Morgan fingerprint density at radius 3 is 2.06 bits per heavy atom. The van der Waals surface area contributed by atoms with Crippen LogP contribution in [-0.4, -0.2) is 22.7 Å². The second kappa shape index (κ2) is 6.39. The third-order valence-electron chi connectivity index (χ3n) is 4.52. The summed E-state index contributed by atoms with van der Waals surface area (Å²) in [7, 11) is 0. The van der Waals surface area contributed by atoms with Crippen LogP contribution in [0.4, 0.5) is 0 Å². The molecule has 0 aromatic carbocycles. The van der Waals surface area contributed by atoms with Crippen molar-refractivity contribution in [2.24, 2.45) is 5.92 Å². The first-order chi connectivity index (χ1) is 8.07. The van der Waals surface area contributed by atoms with Crippen molar-refractivity contribution in [3.63, 3.8) is 0 Å². The summed E-state index contributed by atoms with van der Waals surface area (Å²) in [5.74, 6) is 0.163. The molecule has 0 saturated heterocycles. The van der Waals surface area contributed by atoms with E-state index in [9.17, 15) is 9.90 Å². The van der Waals surface area contributed by atoms with E-state index in [2.05, 4.69) is 12.2 Å². The van der Waals surface area contributed by atoms with Gasteiger partial charge in [0.25, 0.3) is 0 Å². The minimum atomic E-state index is -0.705. The van der Waals surface area contributed by atoms with E-state index in [4.69, 9.17) is 0 Å².